The van der Waals surface area contributed by atoms with E-state index in [2.05, 4.69) is 15.0 Å². The summed E-state index contributed by atoms with van der Waals surface area (Å²) in [6.45, 7) is 0. The Bertz CT molecular complexity index is 220. The van der Waals surface area contributed by atoms with E-state index in [1.54, 1.807) is 0 Å². The number of carbonyl (C=O) groups is 2. The Balaban J connectivity index is 0.000001000. The van der Waals surface area contributed by atoms with Gasteiger partial charge in [-0.2, -0.15) is 0 Å². The molecular formula is C4H3KN2O4. The second-order valence-corrected chi connectivity index (χ2v) is 1.65. The molecule has 0 aromatic rings. The number of nitrogens with zero attached hydrogens (tertiary/aromatic N) is 2. The Morgan fingerprint density at radius 3 is 2.00 bits per heavy atom. The summed E-state index contributed by atoms with van der Waals surface area (Å²) in [7, 11) is 1.05. The first-order valence-electron chi connectivity index (χ1n) is 2.37. The third-order valence-electron chi connectivity index (χ3n) is 1.05. The van der Waals surface area contributed by atoms with Gasteiger partial charge >= 0.3 is 63.0 Å². The Hall–Kier alpha value is 0.176. The summed E-state index contributed by atoms with van der Waals surface area (Å²) in [5.74, 6) is -2.67. The van der Waals surface area contributed by atoms with Gasteiger partial charge in [-0.1, -0.05) is 0 Å². The maximum Gasteiger partial charge on any atom is 1.00 e. The molecule has 0 aliphatic carbocycles. The molecule has 0 aromatic carbocycles. The van der Waals surface area contributed by atoms with E-state index in [1.807, 2.05) is 0 Å². The van der Waals surface area contributed by atoms with Gasteiger partial charge in [0, 0.05) is 0 Å². The minimum atomic E-state index is -2.05. The summed E-state index contributed by atoms with van der Waals surface area (Å²) in [5.41, 5.74) is -2.05. The minimum Gasteiger partial charge on any atom is -0.545 e. The van der Waals surface area contributed by atoms with Gasteiger partial charge in [-0.15, -0.1) is 10.2 Å². The van der Waals surface area contributed by atoms with Gasteiger partial charge in [0.2, 0.25) is 0 Å². The van der Waals surface area contributed by atoms with Gasteiger partial charge in [0.1, 0.15) is 5.97 Å². The third-order valence-corrected chi connectivity index (χ3v) is 1.05. The Morgan fingerprint density at radius 1 is 1.45 bits per heavy atom. The van der Waals surface area contributed by atoms with Crippen LogP contribution in [0.3, 0.4) is 0 Å². The predicted octanol–water partition coefficient (Wildman–Crippen LogP) is -4.92. The van der Waals surface area contributed by atoms with E-state index in [0.29, 0.717) is 0 Å². The topological polar surface area (TPSA) is 91.2 Å². The van der Waals surface area contributed by atoms with E-state index in [9.17, 15) is 14.7 Å². The fraction of sp³-hybridized carbons (Fsp3) is 0.500. The molecule has 1 rings (SSSR count). The zero-order valence-corrected chi connectivity index (χ0v) is 9.15. The molecule has 7 heteroatoms. The smallest absolute Gasteiger partial charge is 0.545 e. The van der Waals surface area contributed by atoms with Crippen molar-refractivity contribution in [2.45, 2.75) is 5.66 Å². The third kappa shape index (κ3) is 1.85. The van der Waals surface area contributed by atoms with E-state index in [1.165, 1.54) is 0 Å². The van der Waals surface area contributed by atoms with Gasteiger partial charge < -0.3 is 14.6 Å². The number of esters is 1. The van der Waals surface area contributed by atoms with Gasteiger partial charge in [-0.25, -0.2) is 4.79 Å². The number of aliphatic carboxylic acids is 1. The number of hydrogen-bond donors (Lipinski definition) is 0. The summed E-state index contributed by atoms with van der Waals surface area (Å²) in [5, 5.41) is 16.1. The molecule has 0 saturated heterocycles. The molecule has 0 saturated carbocycles. The molecule has 54 valence electrons. The maximum atomic E-state index is 10.5. The van der Waals surface area contributed by atoms with Gasteiger partial charge in [-0.05, 0) is 0 Å². The zero-order chi connectivity index (χ0) is 7.78. The van der Waals surface area contributed by atoms with Crippen molar-refractivity contribution >= 4 is 11.9 Å². The molecule has 1 aliphatic rings. The number of carbonyl (C=O) groups excluding carboxylic acids is 2. The minimum absolute atomic E-state index is 0. The van der Waals surface area contributed by atoms with Crippen LogP contribution in [-0.2, 0) is 14.3 Å². The SMILES string of the molecule is COC(=O)C1(C(=O)[O-])N=N1.[K+]. The quantitative estimate of drug-likeness (QED) is 0.243. The number of methoxy groups -OCH3 is 1. The van der Waals surface area contributed by atoms with Crippen molar-refractivity contribution < 1.29 is 70.8 Å². The number of ether oxygens (including phenoxy) is 1. The molecule has 0 unspecified atom stereocenters. The first-order chi connectivity index (χ1) is 4.63. The molecule has 0 amide bonds. The number of carboxylic acid groups (broad SMARTS) is 1. The van der Waals surface area contributed by atoms with Gasteiger partial charge in [0.05, 0.1) is 7.11 Å². The van der Waals surface area contributed by atoms with Crippen molar-refractivity contribution in [3.63, 3.8) is 0 Å². The standard InChI is InChI=1S/C4H4N2O4.K/c1-10-3(9)4(2(7)8)5-6-4;/h1H3,(H,7,8);/q;+1/p-1. The molecule has 0 atom stereocenters. The van der Waals surface area contributed by atoms with Crippen LogP contribution < -0.4 is 56.5 Å². The Labute approximate surface area is 104 Å². The molecule has 0 spiro atoms. The molecular weight excluding hydrogens is 179 g/mol. The average molecular weight is 182 g/mol. The molecule has 0 bridgehead atoms. The predicted molar refractivity (Wildman–Crippen MR) is 24.6 cm³/mol. The largest absolute Gasteiger partial charge is 1.00 e. The fourth-order valence-electron chi connectivity index (χ4n) is 0.439. The van der Waals surface area contributed by atoms with E-state index >= 15 is 0 Å². The molecule has 1 heterocycles. The summed E-state index contributed by atoms with van der Waals surface area (Å²) in [4.78, 5) is 20.6. The van der Waals surface area contributed by atoms with E-state index < -0.39 is 17.6 Å². The normalized spacial score (nSPS) is 16.5. The van der Waals surface area contributed by atoms with Crippen LogP contribution in [-0.4, -0.2) is 24.7 Å². The second-order valence-electron chi connectivity index (χ2n) is 1.65. The van der Waals surface area contributed by atoms with Crippen molar-refractivity contribution in [2.24, 2.45) is 10.2 Å². The van der Waals surface area contributed by atoms with E-state index in [-0.39, 0.29) is 51.4 Å². The van der Waals surface area contributed by atoms with Crippen LogP contribution in [0, 0.1) is 0 Å². The van der Waals surface area contributed by atoms with E-state index in [0.717, 1.165) is 7.11 Å². The van der Waals surface area contributed by atoms with Crippen LogP contribution >= 0.6 is 0 Å². The van der Waals surface area contributed by atoms with E-state index in [4.69, 9.17) is 0 Å². The van der Waals surface area contributed by atoms with Gasteiger partial charge in [0.25, 0.3) is 0 Å². The van der Waals surface area contributed by atoms with Crippen LogP contribution in [0.2, 0.25) is 0 Å². The molecule has 0 fully saturated rings. The monoisotopic (exact) mass is 182 g/mol. The molecule has 11 heavy (non-hydrogen) atoms. The fourth-order valence-corrected chi connectivity index (χ4v) is 0.439. The van der Waals surface area contributed by atoms with Crippen molar-refractivity contribution in [3.05, 3.63) is 0 Å². The van der Waals surface area contributed by atoms with Crippen LogP contribution in [0.25, 0.3) is 0 Å². The summed E-state index contributed by atoms with van der Waals surface area (Å²) in [6.07, 6.45) is 0. The number of carboxylic acids is 1. The van der Waals surface area contributed by atoms with Crippen molar-refractivity contribution in [2.75, 3.05) is 7.11 Å². The van der Waals surface area contributed by atoms with Gasteiger partial charge in [-0.3, -0.25) is 0 Å². The number of hydrogen-bond acceptors (Lipinski definition) is 6. The second kappa shape index (κ2) is 3.72. The molecule has 0 radical (unpaired) electrons. The summed E-state index contributed by atoms with van der Waals surface area (Å²) < 4.78 is 4.09. The molecule has 0 N–H and O–H groups in total. The van der Waals surface area contributed by atoms with Crippen LogP contribution in [0.4, 0.5) is 0 Å². The van der Waals surface area contributed by atoms with Crippen molar-refractivity contribution in [3.8, 4) is 0 Å². The molecule has 0 aromatic heterocycles. The molecule has 1 aliphatic heterocycles. The Morgan fingerprint density at radius 2 is 1.91 bits per heavy atom. The Kier molecular flexibility index (Phi) is 3.78. The number of rotatable bonds is 2. The first kappa shape index (κ1) is 11.2. The zero-order valence-electron chi connectivity index (χ0n) is 6.03. The van der Waals surface area contributed by atoms with Crippen molar-refractivity contribution in [1.82, 2.24) is 0 Å². The van der Waals surface area contributed by atoms with Crippen LogP contribution in [0.1, 0.15) is 0 Å². The average Bonchev–Trinajstić information content (AvgIpc) is 2.65. The maximum absolute atomic E-state index is 10.5. The van der Waals surface area contributed by atoms with Crippen LogP contribution in [0.5, 0.6) is 0 Å². The first-order valence-corrected chi connectivity index (χ1v) is 2.37. The summed E-state index contributed by atoms with van der Waals surface area (Å²) >= 11 is 0. The van der Waals surface area contributed by atoms with Crippen LogP contribution in [0.15, 0.2) is 10.2 Å². The van der Waals surface area contributed by atoms with Gasteiger partial charge in [0.15, 0.2) is 0 Å². The summed E-state index contributed by atoms with van der Waals surface area (Å²) in [6, 6.07) is 0. The van der Waals surface area contributed by atoms with Crippen molar-refractivity contribution in [1.29, 1.82) is 0 Å². The molecule has 6 nitrogen and oxygen atoms in total.